The molecule has 2 aromatic rings. The number of carbonyl (C=O) groups excluding carboxylic acids is 2. The molecule has 2 amide bonds. The second-order valence-corrected chi connectivity index (χ2v) is 6.43. The van der Waals surface area contributed by atoms with E-state index in [1.807, 2.05) is 4.90 Å². The number of hydrogen-bond donors (Lipinski definition) is 1. The molecule has 148 valence electrons. The lowest BCUT2D eigenvalue weighted by molar-refractivity contribution is 0.0889. The smallest absolute Gasteiger partial charge is 0.414 e. The van der Waals surface area contributed by atoms with Crippen LogP contribution in [0.5, 0.6) is 0 Å². The Balaban J connectivity index is 1.38. The van der Waals surface area contributed by atoms with E-state index < -0.39 is 23.9 Å². The molecule has 0 aliphatic carbocycles. The van der Waals surface area contributed by atoms with Crippen LogP contribution in [-0.2, 0) is 9.47 Å². The van der Waals surface area contributed by atoms with Gasteiger partial charge >= 0.3 is 6.09 Å². The molecule has 28 heavy (non-hydrogen) atoms. The standard InChI is InChI=1S/C18H19FN4O5/c19-14-7-12(1-2-15(14)22-3-5-26-6-4-22)23-10-13(28-18(23)25)8-21-17(24)16-9-20-11-27-16/h1-2,7,9,11,13H,3-6,8,10H2,(H,21,24)/t13-/m0/s1. The molecule has 0 unspecified atom stereocenters. The number of morpholine rings is 1. The van der Waals surface area contributed by atoms with Crippen molar-refractivity contribution in [2.75, 3.05) is 49.2 Å². The van der Waals surface area contributed by atoms with Gasteiger partial charge in [-0.25, -0.2) is 14.2 Å². The van der Waals surface area contributed by atoms with Crippen LogP contribution < -0.4 is 15.1 Å². The maximum Gasteiger partial charge on any atom is 0.414 e. The van der Waals surface area contributed by atoms with Crippen LogP contribution in [0, 0.1) is 5.82 Å². The van der Waals surface area contributed by atoms with Crippen LogP contribution in [0.25, 0.3) is 0 Å². The lowest BCUT2D eigenvalue weighted by Gasteiger charge is -2.29. The van der Waals surface area contributed by atoms with Crippen molar-refractivity contribution in [1.82, 2.24) is 10.3 Å². The van der Waals surface area contributed by atoms with E-state index in [-0.39, 0.29) is 18.8 Å². The zero-order valence-electron chi connectivity index (χ0n) is 15.0. The van der Waals surface area contributed by atoms with Crippen molar-refractivity contribution in [3.8, 4) is 0 Å². The average molecular weight is 390 g/mol. The Hall–Kier alpha value is -3.14. The number of anilines is 2. The Labute approximate surface area is 160 Å². The van der Waals surface area contributed by atoms with Crippen LogP contribution in [0.4, 0.5) is 20.6 Å². The highest BCUT2D eigenvalue weighted by Gasteiger charge is 2.33. The summed E-state index contributed by atoms with van der Waals surface area (Å²) in [5.74, 6) is -0.788. The Kier molecular flexibility index (Phi) is 5.11. The van der Waals surface area contributed by atoms with E-state index in [0.717, 1.165) is 6.39 Å². The Bertz CT molecular complexity index is 854. The molecule has 9 nitrogen and oxygen atoms in total. The Morgan fingerprint density at radius 3 is 2.86 bits per heavy atom. The van der Waals surface area contributed by atoms with Gasteiger partial charge in [0.15, 0.2) is 6.39 Å². The zero-order valence-corrected chi connectivity index (χ0v) is 15.0. The third kappa shape index (κ3) is 3.77. The first-order valence-electron chi connectivity index (χ1n) is 8.89. The minimum absolute atomic E-state index is 0.0713. The van der Waals surface area contributed by atoms with Gasteiger partial charge in [-0.05, 0) is 18.2 Å². The van der Waals surface area contributed by atoms with Crippen LogP contribution in [-0.4, -0.2) is 62.5 Å². The van der Waals surface area contributed by atoms with Gasteiger partial charge < -0.3 is 24.1 Å². The topological polar surface area (TPSA) is 97.1 Å². The van der Waals surface area contributed by atoms with E-state index >= 15 is 0 Å². The van der Waals surface area contributed by atoms with Gasteiger partial charge in [0.05, 0.1) is 43.9 Å². The van der Waals surface area contributed by atoms with Crippen molar-refractivity contribution in [2.45, 2.75) is 6.10 Å². The van der Waals surface area contributed by atoms with E-state index in [4.69, 9.17) is 13.9 Å². The highest BCUT2D eigenvalue weighted by atomic mass is 19.1. The number of nitrogens with one attached hydrogen (secondary N) is 1. The molecule has 0 saturated carbocycles. The number of benzene rings is 1. The van der Waals surface area contributed by atoms with Gasteiger partial charge in [-0.3, -0.25) is 9.69 Å². The maximum atomic E-state index is 14.6. The first kappa shape index (κ1) is 18.2. The fraction of sp³-hybridized carbons (Fsp3) is 0.389. The number of halogens is 1. The number of hydrogen-bond acceptors (Lipinski definition) is 7. The lowest BCUT2D eigenvalue weighted by Crippen LogP contribution is -2.37. The molecule has 0 spiro atoms. The molecule has 10 heteroatoms. The second-order valence-electron chi connectivity index (χ2n) is 6.43. The number of cyclic esters (lactones) is 1. The van der Waals surface area contributed by atoms with Crippen molar-refractivity contribution in [3.63, 3.8) is 0 Å². The summed E-state index contributed by atoms with van der Waals surface area (Å²) in [4.78, 5) is 31.0. The fourth-order valence-corrected chi connectivity index (χ4v) is 3.18. The summed E-state index contributed by atoms with van der Waals surface area (Å²) in [5.41, 5.74) is 0.888. The fourth-order valence-electron chi connectivity index (χ4n) is 3.18. The van der Waals surface area contributed by atoms with E-state index in [1.165, 1.54) is 17.2 Å². The number of carbonyl (C=O) groups is 2. The number of nitrogens with zero attached hydrogens (tertiary/aromatic N) is 3. The highest BCUT2D eigenvalue weighted by molar-refractivity contribution is 5.92. The van der Waals surface area contributed by atoms with E-state index in [9.17, 15) is 14.0 Å². The van der Waals surface area contributed by atoms with Gasteiger partial charge in [-0.2, -0.15) is 0 Å². The summed E-state index contributed by atoms with van der Waals surface area (Å²) in [6, 6.07) is 4.66. The Morgan fingerprint density at radius 1 is 1.32 bits per heavy atom. The normalized spacial score (nSPS) is 19.6. The Morgan fingerprint density at radius 2 is 2.14 bits per heavy atom. The monoisotopic (exact) mass is 390 g/mol. The van der Waals surface area contributed by atoms with Gasteiger partial charge in [0.1, 0.15) is 11.9 Å². The van der Waals surface area contributed by atoms with E-state index in [1.54, 1.807) is 12.1 Å². The molecule has 4 rings (SSSR count). The molecule has 1 aromatic heterocycles. The first-order chi connectivity index (χ1) is 13.6. The van der Waals surface area contributed by atoms with Crippen molar-refractivity contribution in [2.24, 2.45) is 0 Å². The number of oxazole rings is 1. The summed E-state index contributed by atoms with van der Waals surface area (Å²) in [7, 11) is 0. The molecular weight excluding hydrogens is 371 g/mol. The predicted molar refractivity (Wildman–Crippen MR) is 95.9 cm³/mol. The molecule has 2 aliphatic rings. The quantitative estimate of drug-likeness (QED) is 0.824. The molecule has 1 N–H and O–H groups in total. The number of aromatic nitrogens is 1. The minimum Gasteiger partial charge on any atom is -0.442 e. The average Bonchev–Trinajstić information content (AvgIpc) is 3.37. The first-order valence-corrected chi connectivity index (χ1v) is 8.89. The number of amides is 2. The van der Waals surface area contributed by atoms with E-state index in [2.05, 4.69) is 10.3 Å². The minimum atomic E-state index is -0.586. The molecule has 2 saturated heterocycles. The molecule has 0 bridgehead atoms. The van der Waals surface area contributed by atoms with Crippen LogP contribution in [0.3, 0.4) is 0 Å². The molecule has 0 radical (unpaired) electrons. The molecule has 1 aromatic carbocycles. The van der Waals surface area contributed by atoms with Crippen molar-refractivity contribution < 1.29 is 27.9 Å². The van der Waals surface area contributed by atoms with E-state index in [0.29, 0.717) is 37.7 Å². The van der Waals surface area contributed by atoms with Gasteiger partial charge in [-0.15, -0.1) is 0 Å². The van der Waals surface area contributed by atoms with Crippen molar-refractivity contribution in [3.05, 3.63) is 42.4 Å². The SMILES string of the molecule is O=C(NC[C@H]1CN(c2ccc(N3CCOCC3)c(F)c2)C(=O)O1)c1cnco1. The maximum absolute atomic E-state index is 14.6. The predicted octanol–water partition coefficient (Wildman–Crippen LogP) is 1.41. The van der Waals surface area contributed by atoms with Crippen LogP contribution in [0.15, 0.2) is 35.2 Å². The summed E-state index contributed by atoms with van der Waals surface area (Å²) in [6.07, 6.45) is 1.31. The van der Waals surface area contributed by atoms with Gasteiger partial charge in [0.25, 0.3) is 5.91 Å². The molecule has 2 fully saturated rings. The van der Waals surface area contributed by atoms with Gasteiger partial charge in [0, 0.05) is 13.1 Å². The second kappa shape index (κ2) is 7.85. The number of ether oxygens (including phenoxy) is 2. The third-order valence-electron chi connectivity index (χ3n) is 4.62. The van der Waals surface area contributed by atoms with Crippen molar-refractivity contribution >= 4 is 23.4 Å². The highest BCUT2D eigenvalue weighted by Crippen LogP contribution is 2.28. The number of rotatable bonds is 5. The summed E-state index contributed by atoms with van der Waals surface area (Å²) in [6.45, 7) is 2.66. The third-order valence-corrected chi connectivity index (χ3v) is 4.62. The molecular formula is C18H19FN4O5. The van der Waals surface area contributed by atoms with Crippen LogP contribution in [0.2, 0.25) is 0 Å². The summed E-state index contributed by atoms with van der Waals surface area (Å²) < 4.78 is 30.0. The zero-order chi connectivity index (χ0) is 19.5. The van der Waals surface area contributed by atoms with Crippen LogP contribution >= 0.6 is 0 Å². The molecule has 3 heterocycles. The molecule has 2 aliphatic heterocycles. The van der Waals surface area contributed by atoms with Gasteiger partial charge in [0.2, 0.25) is 5.76 Å². The summed E-state index contributed by atoms with van der Waals surface area (Å²) >= 11 is 0. The lowest BCUT2D eigenvalue weighted by atomic mass is 10.2. The largest absolute Gasteiger partial charge is 0.442 e. The van der Waals surface area contributed by atoms with Crippen molar-refractivity contribution in [1.29, 1.82) is 0 Å². The van der Waals surface area contributed by atoms with Crippen LogP contribution in [0.1, 0.15) is 10.6 Å². The summed E-state index contributed by atoms with van der Waals surface area (Å²) in [5, 5.41) is 2.61. The van der Waals surface area contributed by atoms with Gasteiger partial charge in [-0.1, -0.05) is 0 Å². The molecule has 1 atom stereocenters.